The Morgan fingerprint density at radius 3 is 2.48 bits per heavy atom. The Labute approximate surface area is 136 Å². The summed E-state index contributed by atoms with van der Waals surface area (Å²) in [5.74, 6) is -0.0962. The molecule has 1 atom stereocenters. The zero-order valence-corrected chi connectivity index (χ0v) is 14.3. The van der Waals surface area contributed by atoms with Gasteiger partial charge in [-0.15, -0.1) is 0 Å². The molecule has 0 heterocycles. The van der Waals surface area contributed by atoms with E-state index in [-0.39, 0.29) is 5.91 Å². The van der Waals surface area contributed by atoms with Gasteiger partial charge in [0.1, 0.15) is 0 Å². The number of amides is 1. The van der Waals surface area contributed by atoms with Crippen molar-refractivity contribution in [2.75, 3.05) is 24.6 Å². The second kappa shape index (κ2) is 8.47. The number of nitrogens with one attached hydrogen (secondary N) is 1. The van der Waals surface area contributed by atoms with Crippen LogP contribution in [0.2, 0.25) is 10.0 Å². The van der Waals surface area contributed by atoms with Crippen LogP contribution in [-0.2, 0) is 4.79 Å². The van der Waals surface area contributed by atoms with Crippen molar-refractivity contribution >= 4 is 40.5 Å². The number of halogens is 2. The van der Waals surface area contributed by atoms with Gasteiger partial charge in [-0.2, -0.15) is 0 Å². The van der Waals surface area contributed by atoms with E-state index in [4.69, 9.17) is 28.9 Å². The summed E-state index contributed by atoms with van der Waals surface area (Å²) in [6.45, 7) is 5.21. The predicted octanol–water partition coefficient (Wildman–Crippen LogP) is 4.02. The monoisotopic (exact) mass is 331 g/mol. The molecular weight excluding hydrogens is 309 g/mol. The summed E-state index contributed by atoms with van der Waals surface area (Å²) in [7, 11) is 2.07. The van der Waals surface area contributed by atoms with E-state index in [9.17, 15) is 4.79 Å². The fourth-order valence-corrected chi connectivity index (χ4v) is 2.53. The van der Waals surface area contributed by atoms with Crippen molar-refractivity contribution in [3.8, 4) is 0 Å². The first kappa shape index (κ1) is 18.1. The third-order valence-electron chi connectivity index (χ3n) is 3.59. The van der Waals surface area contributed by atoms with Crippen LogP contribution in [0.5, 0.6) is 0 Å². The number of carbonyl (C=O) groups is 1. The molecular formula is C15H23Cl2N3O. The first-order chi connectivity index (χ1) is 9.85. The molecule has 0 aliphatic carbocycles. The number of anilines is 2. The molecule has 0 bridgehead atoms. The van der Waals surface area contributed by atoms with Gasteiger partial charge in [0.15, 0.2) is 0 Å². The van der Waals surface area contributed by atoms with E-state index in [1.54, 1.807) is 12.1 Å². The van der Waals surface area contributed by atoms with Crippen molar-refractivity contribution in [1.82, 2.24) is 4.90 Å². The lowest BCUT2D eigenvalue weighted by atomic mass is 10.2. The smallest absolute Gasteiger partial charge is 0.224 e. The van der Waals surface area contributed by atoms with Crippen LogP contribution < -0.4 is 11.1 Å². The van der Waals surface area contributed by atoms with E-state index < -0.39 is 0 Å². The fourth-order valence-electron chi connectivity index (χ4n) is 1.94. The first-order valence-corrected chi connectivity index (χ1v) is 7.85. The van der Waals surface area contributed by atoms with Crippen molar-refractivity contribution in [2.24, 2.45) is 0 Å². The third kappa shape index (κ3) is 5.73. The quantitative estimate of drug-likeness (QED) is 0.741. The van der Waals surface area contributed by atoms with Crippen molar-refractivity contribution in [2.45, 2.75) is 39.2 Å². The average molecular weight is 332 g/mol. The lowest BCUT2D eigenvalue weighted by Gasteiger charge is -2.23. The second-order valence-corrected chi connectivity index (χ2v) is 6.06. The Hall–Kier alpha value is -0.970. The highest BCUT2D eigenvalue weighted by Crippen LogP contribution is 2.32. The summed E-state index contributed by atoms with van der Waals surface area (Å²) in [5.41, 5.74) is 6.52. The largest absolute Gasteiger partial charge is 0.399 e. The van der Waals surface area contributed by atoms with Crippen molar-refractivity contribution in [1.29, 1.82) is 0 Å². The molecule has 1 amide bonds. The minimum Gasteiger partial charge on any atom is -0.399 e. The van der Waals surface area contributed by atoms with E-state index >= 15 is 0 Å². The number of nitrogen functional groups attached to an aromatic ring is 1. The van der Waals surface area contributed by atoms with Crippen LogP contribution in [0.25, 0.3) is 0 Å². The summed E-state index contributed by atoms with van der Waals surface area (Å²) >= 11 is 12.1. The molecule has 0 fully saturated rings. The van der Waals surface area contributed by atoms with Gasteiger partial charge >= 0.3 is 0 Å². The van der Waals surface area contributed by atoms with E-state index in [0.717, 1.165) is 19.4 Å². The first-order valence-electron chi connectivity index (χ1n) is 7.09. The highest BCUT2D eigenvalue weighted by atomic mass is 35.5. The van der Waals surface area contributed by atoms with Crippen LogP contribution in [0.3, 0.4) is 0 Å². The number of hydrogen-bond acceptors (Lipinski definition) is 3. The van der Waals surface area contributed by atoms with Gasteiger partial charge in [-0.05, 0) is 45.5 Å². The maximum Gasteiger partial charge on any atom is 0.224 e. The van der Waals surface area contributed by atoms with Gasteiger partial charge in [0, 0.05) is 18.2 Å². The molecule has 0 aliphatic heterocycles. The molecule has 0 saturated carbocycles. The Morgan fingerprint density at radius 2 is 1.95 bits per heavy atom. The minimum absolute atomic E-state index is 0.0962. The number of hydrogen-bond donors (Lipinski definition) is 2. The van der Waals surface area contributed by atoms with Gasteiger partial charge in [-0.3, -0.25) is 4.79 Å². The van der Waals surface area contributed by atoms with Crippen LogP contribution in [0, 0.1) is 0 Å². The van der Waals surface area contributed by atoms with Gasteiger partial charge in [0.2, 0.25) is 5.91 Å². The number of benzene rings is 1. The lowest BCUT2D eigenvalue weighted by molar-refractivity contribution is -0.116. The molecule has 21 heavy (non-hydrogen) atoms. The Bertz CT molecular complexity index is 471. The zero-order valence-electron chi connectivity index (χ0n) is 12.7. The van der Waals surface area contributed by atoms with Crippen LogP contribution in [0.1, 0.15) is 33.1 Å². The van der Waals surface area contributed by atoms with Crippen molar-refractivity contribution in [3.05, 3.63) is 22.2 Å². The van der Waals surface area contributed by atoms with Crippen LogP contribution >= 0.6 is 23.2 Å². The summed E-state index contributed by atoms with van der Waals surface area (Å²) in [5, 5.41) is 3.45. The number of nitrogens with two attached hydrogens (primary N) is 1. The zero-order chi connectivity index (χ0) is 16.0. The second-order valence-electron chi connectivity index (χ2n) is 5.25. The molecule has 0 aromatic heterocycles. The number of rotatable bonds is 7. The normalized spacial score (nSPS) is 12.5. The van der Waals surface area contributed by atoms with Gasteiger partial charge in [-0.1, -0.05) is 30.1 Å². The van der Waals surface area contributed by atoms with Crippen molar-refractivity contribution < 1.29 is 4.79 Å². The maximum atomic E-state index is 11.9. The molecule has 3 N–H and O–H groups in total. The molecule has 1 rings (SSSR count). The standard InChI is InChI=1S/C15H23Cl2N3O/c1-4-10(2)20(3)7-5-6-14(21)19-15-12(16)8-11(18)9-13(15)17/h8-10H,4-7,18H2,1-3H3,(H,19,21). The molecule has 118 valence electrons. The van der Waals surface area contributed by atoms with E-state index in [1.807, 2.05) is 0 Å². The van der Waals surface area contributed by atoms with Gasteiger partial charge in [0.25, 0.3) is 0 Å². The molecule has 1 aromatic carbocycles. The highest BCUT2D eigenvalue weighted by molar-refractivity contribution is 6.40. The molecule has 4 nitrogen and oxygen atoms in total. The molecule has 0 radical (unpaired) electrons. The van der Waals surface area contributed by atoms with Crippen molar-refractivity contribution in [3.63, 3.8) is 0 Å². The molecule has 0 saturated heterocycles. The summed E-state index contributed by atoms with van der Waals surface area (Å²) < 4.78 is 0. The molecule has 0 aliphatic rings. The minimum atomic E-state index is -0.0962. The van der Waals surface area contributed by atoms with E-state index in [0.29, 0.717) is 33.9 Å². The number of nitrogens with zero attached hydrogens (tertiary/aromatic N) is 1. The van der Waals surface area contributed by atoms with E-state index in [2.05, 4.69) is 31.1 Å². The number of carbonyl (C=O) groups excluding carboxylic acids is 1. The van der Waals surface area contributed by atoms with E-state index in [1.165, 1.54) is 0 Å². The van der Waals surface area contributed by atoms with Gasteiger partial charge in [-0.25, -0.2) is 0 Å². The average Bonchev–Trinajstić information content (AvgIpc) is 2.41. The molecule has 6 heteroatoms. The third-order valence-corrected chi connectivity index (χ3v) is 4.18. The molecule has 1 aromatic rings. The van der Waals surface area contributed by atoms with Crippen LogP contribution in [-0.4, -0.2) is 30.4 Å². The lowest BCUT2D eigenvalue weighted by Crippen LogP contribution is -2.29. The molecule has 1 unspecified atom stereocenters. The predicted molar refractivity (Wildman–Crippen MR) is 91.1 cm³/mol. The summed E-state index contributed by atoms with van der Waals surface area (Å²) in [6, 6.07) is 3.66. The SMILES string of the molecule is CCC(C)N(C)CCCC(=O)Nc1c(Cl)cc(N)cc1Cl. The fraction of sp³-hybridized carbons (Fsp3) is 0.533. The molecule has 0 spiro atoms. The van der Waals surface area contributed by atoms with Crippen LogP contribution in [0.15, 0.2) is 12.1 Å². The highest BCUT2D eigenvalue weighted by Gasteiger charge is 2.12. The Morgan fingerprint density at radius 1 is 1.38 bits per heavy atom. The maximum absolute atomic E-state index is 11.9. The Balaban J connectivity index is 2.48. The Kier molecular flexibility index (Phi) is 7.29. The summed E-state index contributed by atoms with van der Waals surface area (Å²) in [4.78, 5) is 14.2. The van der Waals surface area contributed by atoms with Crippen LogP contribution in [0.4, 0.5) is 11.4 Å². The van der Waals surface area contributed by atoms with Gasteiger partial charge in [0.05, 0.1) is 15.7 Å². The summed E-state index contributed by atoms with van der Waals surface area (Å²) in [6.07, 6.45) is 2.31. The van der Waals surface area contributed by atoms with Gasteiger partial charge < -0.3 is 16.0 Å². The topological polar surface area (TPSA) is 58.4 Å².